The van der Waals surface area contributed by atoms with Crippen LogP contribution in [0.3, 0.4) is 0 Å². The Hall–Kier alpha value is -0.380. The van der Waals surface area contributed by atoms with Gasteiger partial charge in [0.05, 0.1) is 6.61 Å². The van der Waals surface area contributed by atoms with Crippen molar-refractivity contribution < 1.29 is 4.74 Å². The van der Waals surface area contributed by atoms with Crippen LogP contribution in [-0.2, 0) is 10.3 Å². The number of ether oxygens (including phenoxy) is 1. The summed E-state index contributed by atoms with van der Waals surface area (Å²) in [5.41, 5.74) is 1.31. The van der Waals surface area contributed by atoms with E-state index in [4.69, 9.17) is 4.74 Å². The highest BCUT2D eigenvalue weighted by Crippen LogP contribution is 2.38. The van der Waals surface area contributed by atoms with Crippen LogP contribution in [0.4, 0.5) is 0 Å². The molecule has 15 heavy (non-hydrogen) atoms. The van der Waals surface area contributed by atoms with Crippen LogP contribution >= 0.6 is 15.9 Å². The molecule has 1 aromatic carbocycles. The lowest BCUT2D eigenvalue weighted by Crippen LogP contribution is -2.41. The molecule has 0 aliphatic carbocycles. The predicted molar refractivity (Wildman–Crippen MR) is 62.8 cm³/mol. The molecule has 2 heterocycles. The van der Waals surface area contributed by atoms with Crippen molar-refractivity contribution in [2.75, 3.05) is 26.2 Å². The van der Waals surface area contributed by atoms with Gasteiger partial charge in [0, 0.05) is 24.1 Å². The Morgan fingerprint density at radius 1 is 1.20 bits per heavy atom. The average molecular weight is 268 g/mol. The number of rotatable bonds is 1. The van der Waals surface area contributed by atoms with Gasteiger partial charge in [-0.3, -0.25) is 4.90 Å². The van der Waals surface area contributed by atoms with Gasteiger partial charge < -0.3 is 4.74 Å². The molecule has 0 spiro atoms. The molecule has 0 radical (unpaired) electrons. The van der Waals surface area contributed by atoms with Gasteiger partial charge in [0.25, 0.3) is 0 Å². The molecule has 3 heteroatoms. The van der Waals surface area contributed by atoms with Gasteiger partial charge in [0.1, 0.15) is 5.60 Å². The first kappa shape index (κ1) is 9.82. The molecule has 2 aliphatic heterocycles. The zero-order valence-electron chi connectivity index (χ0n) is 8.58. The van der Waals surface area contributed by atoms with Gasteiger partial charge >= 0.3 is 0 Å². The number of nitrogens with zero attached hydrogens (tertiary/aromatic N) is 1. The predicted octanol–water partition coefficient (Wildman–Crippen LogP) is 2.38. The fourth-order valence-electron chi connectivity index (χ4n) is 2.61. The molecule has 2 nitrogen and oxygen atoms in total. The van der Waals surface area contributed by atoms with Crippen LogP contribution in [0, 0.1) is 0 Å². The van der Waals surface area contributed by atoms with E-state index in [1.807, 2.05) is 0 Å². The highest BCUT2D eigenvalue weighted by molar-refractivity contribution is 9.10. The molecule has 2 atom stereocenters. The zero-order valence-corrected chi connectivity index (χ0v) is 10.2. The molecule has 0 N–H and O–H groups in total. The van der Waals surface area contributed by atoms with Crippen LogP contribution in [0.2, 0.25) is 0 Å². The van der Waals surface area contributed by atoms with Gasteiger partial charge in [-0.1, -0.05) is 28.1 Å². The quantitative estimate of drug-likeness (QED) is 0.775. The molecule has 2 saturated heterocycles. The number of hydrogen-bond acceptors (Lipinski definition) is 2. The molecule has 1 aromatic rings. The first-order chi connectivity index (χ1) is 7.28. The monoisotopic (exact) mass is 267 g/mol. The van der Waals surface area contributed by atoms with E-state index < -0.39 is 0 Å². The number of hydrogen-bond donors (Lipinski definition) is 0. The molecular weight excluding hydrogens is 254 g/mol. The summed E-state index contributed by atoms with van der Waals surface area (Å²) in [5, 5.41) is 0. The first-order valence-electron chi connectivity index (χ1n) is 5.41. The first-order valence-corrected chi connectivity index (χ1v) is 6.20. The van der Waals surface area contributed by atoms with E-state index in [9.17, 15) is 0 Å². The Morgan fingerprint density at radius 3 is 2.80 bits per heavy atom. The zero-order chi connectivity index (χ0) is 10.3. The Morgan fingerprint density at radius 2 is 2.00 bits per heavy atom. The summed E-state index contributed by atoms with van der Waals surface area (Å²) < 4.78 is 7.16. The minimum absolute atomic E-state index is 0.0149. The molecule has 3 rings (SSSR count). The van der Waals surface area contributed by atoms with E-state index in [2.05, 4.69) is 45.1 Å². The minimum atomic E-state index is -0.0149. The third kappa shape index (κ3) is 1.63. The maximum atomic E-state index is 6.03. The van der Waals surface area contributed by atoms with Crippen molar-refractivity contribution in [2.24, 2.45) is 0 Å². The summed E-state index contributed by atoms with van der Waals surface area (Å²) in [4.78, 5) is 2.49. The van der Waals surface area contributed by atoms with E-state index in [-0.39, 0.29) is 5.60 Å². The molecule has 2 fully saturated rings. The van der Waals surface area contributed by atoms with Crippen LogP contribution in [0.25, 0.3) is 0 Å². The van der Waals surface area contributed by atoms with Crippen LogP contribution in [0.15, 0.2) is 28.7 Å². The Balaban J connectivity index is 1.95. The van der Waals surface area contributed by atoms with Crippen molar-refractivity contribution in [2.45, 2.75) is 12.0 Å². The lowest BCUT2D eigenvalue weighted by Gasteiger charge is -2.34. The Kier molecular flexibility index (Phi) is 2.34. The number of halogens is 1. The normalized spacial score (nSPS) is 34.3. The smallest absolute Gasteiger partial charge is 0.107 e. The summed E-state index contributed by atoms with van der Waals surface area (Å²) in [7, 11) is 0. The highest BCUT2D eigenvalue weighted by Gasteiger charge is 2.43. The fraction of sp³-hybridized carbons (Fsp3) is 0.500. The van der Waals surface area contributed by atoms with E-state index in [0.29, 0.717) is 0 Å². The molecule has 0 saturated carbocycles. The largest absolute Gasteiger partial charge is 0.368 e. The Labute approximate surface area is 98.4 Å². The van der Waals surface area contributed by atoms with Gasteiger partial charge in [-0.2, -0.15) is 0 Å². The van der Waals surface area contributed by atoms with Gasteiger partial charge in [0.2, 0.25) is 0 Å². The maximum absolute atomic E-state index is 6.03. The number of morpholine rings is 1. The SMILES string of the molecule is Brc1ccc(C23CCN(CCO2)C3)cc1. The molecular formula is C12H14BrNO. The second-order valence-corrected chi connectivity index (χ2v) is 5.29. The number of fused-ring (bicyclic) bond motifs is 2. The van der Waals surface area contributed by atoms with E-state index >= 15 is 0 Å². The second kappa shape index (κ2) is 3.58. The van der Waals surface area contributed by atoms with Crippen molar-refractivity contribution in [1.29, 1.82) is 0 Å². The number of benzene rings is 1. The van der Waals surface area contributed by atoms with Crippen LogP contribution < -0.4 is 0 Å². The van der Waals surface area contributed by atoms with Gasteiger partial charge in [-0.05, 0) is 24.1 Å². The standard InChI is InChI=1S/C12H14BrNO/c13-11-3-1-10(2-4-11)12-5-6-14(9-12)7-8-15-12/h1-4H,5-9H2. The van der Waals surface area contributed by atoms with Crippen molar-refractivity contribution in [3.8, 4) is 0 Å². The molecule has 2 bridgehead atoms. The van der Waals surface area contributed by atoms with Crippen LogP contribution in [0.1, 0.15) is 12.0 Å². The fourth-order valence-corrected chi connectivity index (χ4v) is 2.87. The maximum Gasteiger partial charge on any atom is 0.107 e. The third-order valence-electron chi connectivity index (χ3n) is 3.47. The van der Waals surface area contributed by atoms with E-state index in [0.717, 1.165) is 30.6 Å². The van der Waals surface area contributed by atoms with Crippen molar-refractivity contribution in [1.82, 2.24) is 4.90 Å². The summed E-state index contributed by atoms with van der Waals surface area (Å²) in [6.07, 6.45) is 1.13. The summed E-state index contributed by atoms with van der Waals surface area (Å²) >= 11 is 3.47. The van der Waals surface area contributed by atoms with Crippen molar-refractivity contribution in [3.63, 3.8) is 0 Å². The molecule has 0 amide bonds. The molecule has 80 valence electrons. The molecule has 2 aliphatic rings. The average Bonchev–Trinajstić information content (AvgIpc) is 2.56. The molecule has 0 aromatic heterocycles. The highest BCUT2D eigenvalue weighted by atomic mass is 79.9. The van der Waals surface area contributed by atoms with E-state index in [1.54, 1.807) is 0 Å². The molecule has 2 unspecified atom stereocenters. The van der Waals surface area contributed by atoms with Gasteiger partial charge in [-0.15, -0.1) is 0 Å². The van der Waals surface area contributed by atoms with Crippen molar-refractivity contribution in [3.05, 3.63) is 34.3 Å². The topological polar surface area (TPSA) is 12.5 Å². The van der Waals surface area contributed by atoms with Crippen LogP contribution in [0.5, 0.6) is 0 Å². The summed E-state index contributed by atoms with van der Waals surface area (Å²) in [6, 6.07) is 8.56. The second-order valence-electron chi connectivity index (χ2n) is 4.38. The van der Waals surface area contributed by atoms with E-state index in [1.165, 1.54) is 12.1 Å². The third-order valence-corrected chi connectivity index (χ3v) is 4.00. The lowest BCUT2D eigenvalue weighted by atomic mass is 9.92. The summed E-state index contributed by atoms with van der Waals surface area (Å²) in [5.74, 6) is 0. The lowest BCUT2D eigenvalue weighted by molar-refractivity contribution is -0.0729. The van der Waals surface area contributed by atoms with Crippen molar-refractivity contribution >= 4 is 15.9 Å². The van der Waals surface area contributed by atoms with Crippen LogP contribution in [-0.4, -0.2) is 31.1 Å². The van der Waals surface area contributed by atoms with Gasteiger partial charge in [-0.25, -0.2) is 0 Å². The summed E-state index contributed by atoms with van der Waals surface area (Å²) in [6.45, 7) is 4.21. The minimum Gasteiger partial charge on any atom is -0.368 e. The van der Waals surface area contributed by atoms with Gasteiger partial charge in [0.15, 0.2) is 0 Å². The Bertz CT molecular complexity index is 360.